The summed E-state index contributed by atoms with van der Waals surface area (Å²) in [6.07, 6.45) is 7.66. The molecule has 0 radical (unpaired) electrons. The van der Waals surface area contributed by atoms with Gasteiger partial charge < -0.3 is 0 Å². The summed E-state index contributed by atoms with van der Waals surface area (Å²) in [7, 11) is 0. The Morgan fingerprint density at radius 2 is 1.92 bits per heavy atom. The van der Waals surface area contributed by atoms with E-state index >= 15 is 0 Å². The van der Waals surface area contributed by atoms with Gasteiger partial charge in [0.05, 0.1) is 11.9 Å². The Hall–Kier alpha value is -3.02. The van der Waals surface area contributed by atoms with E-state index in [4.69, 9.17) is 4.98 Å². The predicted octanol–water partition coefficient (Wildman–Crippen LogP) is 4.01. The van der Waals surface area contributed by atoms with Crippen LogP contribution in [0.2, 0.25) is 0 Å². The zero-order valence-electron chi connectivity index (χ0n) is 15.5. The van der Waals surface area contributed by atoms with Crippen molar-refractivity contribution in [2.75, 3.05) is 0 Å². The Labute approximate surface area is 152 Å². The molecule has 4 heterocycles. The van der Waals surface area contributed by atoms with Gasteiger partial charge in [0, 0.05) is 41.3 Å². The van der Waals surface area contributed by atoms with E-state index in [1.54, 1.807) is 6.33 Å². The molecule has 0 amide bonds. The second kappa shape index (κ2) is 6.05. The molecule has 4 aromatic rings. The van der Waals surface area contributed by atoms with E-state index in [9.17, 15) is 0 Å². The third-order valence-corrected chi connectivity index (χ3v) is 4.19. The van der Waals surface area contributed by atoms with Gasteiger partial charge in [0.15, 0.2) is 5.65 Å². The van der Waals surface area contributed by atoms with Crippen molar-refractivity contribution in [3.63, 3.8) is 0 Å². The fraction of sp³-hybridized carbons (Fsp3) is 0.300. The van der Waals surface area contributed by atoms with Crippen LogP contribution in [0.25, 0.3) is 28.0 Å². The van der Waals surface area contributed by atoms with Crippen molar-refractivity contribution in [1.29, 1.82) is 0 Å². The van der Waals surface area contributed by atoms with Crippen LogP contribution in [0.5, 0.6) is 0 Å². The lowest BCUT2D eigenvalue weighted by Crippen LogP contribution is -2.15. The highest BCUT2D eigenvalue weighted by Gasteiger charge is 2.15. The zero-order valence-corrected chi connectivity index (χ0v) is 15.5. The minimum Gasteiger partial charge on any atom is -0.289 e. The number of nitrogens with zero attached hydrogens (tertiary/aromatic N) is 6. The fourth-order valence-corrected chi connectivity index (χ4v) is 3.05. The summed E-state index contributed by atoms with van der Waals surface area (Å²) in [5.41, 5.74) is 6.06. The standard InChI is InChI=1S/C20H22N6/c1-14-5-6-17(16-10-22-26(11-16)12-20(2,3)4)19(23-14)15-7-8-25-13-21-24-18(25)9-15/h5-11,13H,12H2,1-4H3. The van der Waals surface area contributed by atoms with Gasteiger partial charge in [-0.05, 0) is 30.5 Å². The summed E-state index contributed by atoms with van der Waals surface area (Å²) in [4.78, 5) is 4.80. The van der Waals surface area contributed by atoms with Crippen LogP contribution in [0.1, 0.15) is 26.5 Å². The van der Waals surface area contributed by atoms with Crippen molar-refractivity contribution in [3.8, 4) is 22.4 Å². The number of hydrogen-bond donors (Lipinski definition) is 0. The lowest BCUT2D eigenvalue weighted by atomic mass is 9.97. The van der Waals surface area contributed by atoms with Gasteiger partial charge in [-0.1, -0.05) is 26.8 Å². The summed E-state index contributed by atoms with van der Waals surface area (Å²) in [6, 6.07) is 8.21. The maximum Gasteiger partial charge on any atom is 0.161 e. The van der Waals surface area contributed by atoms with Crippen LogP contribution in [0, 0.1) is 12.3 Å². The van der Waals surface area contributed by atoms with Crippen LogP contribution in [0.3, 0.4) is 0 Å². The second-order valence-corrected chi connectivity index (χ2v) is 7.85. The molecule has 0 aliphatic carbocycles. The average molecular weight is 346 g/mol. The quantitative estimate of drug-likeness (QED) is 0.562. The van der Waals surface area contributed by atoms with E-state index in [-0.39, 0.29) is 5.41 Å². The highest BCUT2D eigenvalue weighted by Crippen LogP contribution is 2.31. The molecule has 0 aromatic carbocycles. The molecule has 6 nitrogen and oxygen atoms in total. The maximum atomic E-state index is 4.80. The second-order valence-electron chi connectivity index (χ2n) is 7.85. The van der Waals surface area contributed by atoms with Crippen molar-refractivity contribution in [1.82, 2.24) is 29.4 Å². The van der Waals surface area contributed by atoms with E-state index in [0.29, 0.717) is 0 Å². The molecule has 4 aromatic heterocycles. The van der Waals surface area contributed by atoms with Gasteiger partial charge in [0.2, 0.25) is 0 Å². The topological polar surface area (TPSA) is 60.9 Å². The Morgan fingerprint density at radius 1 is 1.08 bits per heavy atom. The molecule has 0 bridgehead atoms. The van der Waals surface area contributed by atoms with Crippen LogP contribution < -0.4 is 0 Å². The molecule has 4 rings (SSSR count). The SMILES string of the molecule is Cc1ccc(-c2cnn(CC(C)(C)C)c2)c(-c2ccn3cnnc3c2)n1. The van der Waals surface area contributed by atoms with Gasteiger partial charge in [0.25, 0.3) is 0 Å². The first-order valence-electron chi connectivity index (χ1n) is 8.69. The summed E-state index contributed by atoms with van der Waals surface area (Å²) >= 11 is 0. The third-order valence-electron chi connectivity index (χ3n) is 4.19. The number of fused-ring (bicyclic) bond motifs is 1. The van der Waals surface area contributed by atoms with Crippen molar-refractivity contribution in [2.45, 2.75) is 34.2 Å². The van der Waals surface area contributed by atoms with Gasteiger partial charge in [-0.25, -0.2) is 0 Å². The van der Waals surface area contributed by atoms with Crippen LogP contribution in [0.4, 0.5) is 0 Å². The van der Waals surface area contributed by atoms with Gasteiger partial charge in [0.1, 0.15) is 6.33 Å². The fourth-order valence-electron chi connectivity index (χ4n) is 3.05. The summed E-state index contributed by atoms with van der Waals surface area (Å²) in [5.74, 6) is 0. The summed E-state index contributed by atoms with van der Waals surface area (Å²) in [5, 5.41) is 12.6. The Kier molecular flexibility index (Phi) is 3.83. The molecule has 0 saturated carbocycles. The molecule has 0 fully saturated rings. The molecular formula is C20H22N6. The third kappa shape index (κ3) is 3.22. The molecular weight excluding hydrogens is 324 g/mol. The van der Waals surface area contributed by atoms with Crippen LogP contribution in [0.15, 0.2) is 49.2 Å². The number of rotatable bonds is 3. The highest BCUT2D eigenvalue weighted by atomic mass is 15.3. The maximum absolute atomic E-state index is 4.80. The molecule has 132 valence electrons. The lowest BCUT2D eigenvalue weighted by Gasteiger charge is -2.17. The molecule has 0 saturated heterocycles. The van der Waals surface area contributed by atoms with E-state index in [2.05, 4.69) is 48.3 Å². The molecule has 0 spiro atoms. The predicted molar refractivity (Wildman–Crippen MR) is 102 cm³/mol. The van der Waals surface area contributed by atoms with Gasteiger partial charge >= 0.3 is 0 Å². The Balaban J connectivity index is 1.80. The van der Waals surface area contributed by atoms with Crippen LogP contribution in [-0.4, -0.2) is 29.4 Å². The van der Waals surface area contributed by atoms with Gasteiger partial charge in [-0.2, -0.15) is 5.10 Å². The molecule has 0 aliphatic heterocycles. The molecule has 0 aliphatic rings. The van der Waals surface area contributed by atoms with E-state index in [0.717, 1.165) is 40.3 Å². The smallest absolute Gasteiger partial charge is 0.161 e. The molecule has 0 atom stereocenters. The largest absolute Gasteiger partial charge is 0.289 e. The number of aromatic nitrogens is 6. The monoisotopic (exact) mass is 346 g/mol. The van der Waals surface area contributed by atoms with Crippen LogP contribution >= 0.6 is 0 Å². The summed E-state index contributed by atoms with van der Waals surface area (Å²) in [6.45, 7) is 9.50. The first-order chi connectivity index (χ1) is 12.4. The van der Waals surface area contributed by atoms with Crippen LogP contribution in [-0.2, 0) is 6.54 Å². The lowest BCUT2D eigenvalue weighted by molar-refractivity contribution is 0.325. The van der Waals surface area contributed by atoms with Gasteiger partial charge in [-0.3, -0.25) is 14.1 Å². The van der Waals surface area contributed by atoms with Crippen molar-refractivity contribution >= 4 is 5.65 Å². The molecule has 26 heavy (non-hydrogen) atoms. The minimum absolute atomic E-state index is 0.177. The normalized spacial score (nSPS) is 12.0. The van der Waals surface area contributed by atoms with E-state index in [1.165, 1.54) is 0 Å². The summed E-state index contributed by atoms with van der Waals surface area (Å²) < 4.78 is 3.89. The van der Waals surface area contributed by atoms with E-state index < -0.39 is 0 Å². The van der Waals surface area contributed by atoms with Crippen molar-refractivity contribution in [3.05, 3.63) is 54.9 Å². The minimum atomic E-state index is 0.177. The Morgan fingerprint density at radius 3 is 2.73 bits per heavy atom. The number of aryl methyl sites for hydroxylation is 1. The number of hydrogen-bond acceptors (Lipinski definition) is 4. The average Bonchev–Trinajstić information content (AvgIpc) is 3.21. The molecule has 0 unspecified atom stereocenters. The highest BCUT2D eigenvalue weighted by molar-refractivity contribution is 5.81. The van der Waals surface area contributed by atoms with Gasteiger partial charge in [-0.15, -0.1) is 10.2 Å². The zero-order chi connectivity index (χ0) is 18.3. The first kappa shape index (κ1) is 16.4. The van der Waals surface area contributed by atoms with Crippen molar-refractivity contribution in [2.24, 2.45) is 5.41 Å². The van der Waals surface area contributed by atoms with Crippen molar-refractivity contribution < 1.29 is 0 Å². The number of pyridine rings is 2. The molecule has 0 N–H and O–H groups in total. The first-order valence-corrected chi connectivity index (χ1v) is 8.69. The molecule has 6 heteroatoms. The van der Waals surface area contributed by atoms with E-state index in [1.807, 2.05) is 46.6 Å². The Bertz CT molecular complexity index is 1070.